The molecule has 0 bridgehead atoms. The summed E-state index contributed by atoms with van der Waals surface area (Å²) in [6.45, 7) is -0.422. The second-order valence-corrected chi connectivity index (χ2v) is 3.32. The Hall–Kier alpha value is -2.08. The van der Waals surface area contributed by atoms with Crippen LogP contribution in [0.1, 0.15) is 11.6 Å². The Balaban J connectivity index is 2.88. The van der Waals surface area contributed by atoms with Gasteiger partial charge in [-0.25, -0.2) is 0 Å². The minimum absolute atomic E-state index is 0.422. The van der Waals surface area contributed by atoms with Gasteiger partial charge in [-0.2, -0.15) is 0 Å². The number of carboxylic acids is 2. The fraction of sp³-hybridized carbons (Fsp3) is 0.273. The fourth-order valence-corrected chi connectivity index (χ4v) is 1.36. The monoisotopic (exact) mass is 239 g/mol. The van der Waals surface area contributed by atoms with Crippen molar-refractivity contribution in [1.82, 2.24) is 5.32 Å². The first kappa shape index (κ1) is 13.0. The zero-order valence-electron chi connectivity index (χ0n) is 9.21. The van der Waals surface area contributed by atoms with Crippen LogP contribution in [-0.4, -0.2) is 35.8 Å². The zero-order chi connectivity index (χ0) is 12.8. The van der Waals surface area contributed by atoms with E-state index in [-0.39, 0.29) is 0 Å². The fourth-order valence-electron chi connectivity index (χ4n) is 1.36. The van der Waals surface area contributed by atoms with Crippen LogP contribution >= 0.6 is 0 Å². The van der Waals surface area contributed by atoms with E-state index in [1.807, 2.05) is 0 Å². The topological polar surface area (TPSA) is 95.9 Å². The Bertz CT molecular complexity index is 418. The van der Waals surface area contributed by atoms with Crippen LogP contribution < -0.4 is 10.1 Å². The maximum absolute atomic E-state index is 11.0. The Kier molecular flexibility index (Phi) is 4.47. The normalized spacial score (nSPS) is 11.8. The van der Waals surface area contributed by atoms with Crippen LogP contribution in [0.4, 0.5) is 0 Å². The van der Waals surface area contributed by atoms with Crippen LogP contribution in [0, 0.1) is 0 Å². The van der Waals surface area contributed by atoms with Crippen LogP contribution in [0.2, 0.25) is 0 Å². The van der Waals surface area contributed by atoms with Crippen molar-refractivity contribution in [2.75, 3.05) is 13.7 Å². The summed E-state index contributed by atoms with van der Waals surface area (Å²) in [5, 5.41) is 20.0. The van der Waals surface area contributed by atoms with Gasteiger partial charge in [0.05, 0.1) is 13.7 Å². The molecule has 0 fully saturated rings. The van der Waals surface area contributed by atoms with Gasteiger partial charge in [-0.1, -0.05) is 12.1 Å². The van der Waals surface area contributed by atoms with Crippen molar-refractivity contribution in [2.24, 2.45) is 0 Å². The highest BCUT2D eigenvalue weighted by molar-refractivity contribution is 5.77. The molecular weight excluding hydrogens is 226 g/mol. The van der Waals surface area contributed by atoms with Gasteiger partial charge in [0.2, 0.25) is 0 Å². The number of hydrogen-bond acceptors (Lipinski definition) is 4. The van der Waals surface area contributed by atoms with E-state index >= 15 is 0 Å². The number of aliphatic carboxylic acids is 2. The molecule has 0 saturated carbocycles. The standard InChI is InChI=1S/C11H13NO5/c1-17-8-4-2-3-7(5-8)10(11(15)16)12-6-9(13)14/h2-5,10,12H,6H2,1H3,(H,13,14)(H,15,16). The summed E-state index contributed by atoms with van der Waals surface area (Å²) in [4.78, 5) is 21.4. The Labute approximate surface area is 97.8 Å². The van der Waals surface area contributed by atoms with Crippen molar-refractivity contribution in [2.45, 2.75) is 6.04 Å². The molecule has 0 spiro atoms. The molecule has 1 rings (SSSR count). The van der Waals surface area contributed by atoms with E-state index in [2.05, 4.69) is 5.32 Å². The average Bonchev–Trinajstić information content (AvgIpc) is 2.28. The molecule has 0 radical (unpaired) electrons. The number of nitrogens with one attached hydrogen (secondary N) is 1. The van der Waals surface area contributed by atoms with Crippen molar-refractivity contribution in [3.63, 3.8) is 0 Å². The molecule has 6 nitrogen and oxygen atoms in total. The number of rotatable bonds is 6. The molecule has 6 heteroatoms. The summed E-state index contributed by atoms with van der Waals surface area (Å²) in [6, 6.07) is 5.40. The third-order valence-corrected chi connectivity index (χ3v) is 2.13. The highest BCUT2D eigenvalue weighted by Crippen LogP contribution is 2.19. The van der Waals surface area contributed by atoms with Gasteiger partial charge in [-0.05, 0) is 17.7 Å². The van der Waals surface area contributed by atoms with Gasteiger partial charge in [-0.15, -0.1) is 0 Å². The van der Waals surface area contributed by atoms with Crippen molar-refractivity contribution in [1.29, 1.82) is 0 Å². The van der Waals surface area contributed by atoms with Crippen LogP contribution in [-0.2, 0) is 9.59 Å². The second kappa shape index (κ2) is 5.86. The molecule has 0 aliphatic heterocycles. The first-order valence-corrected chi connectivity index (χ1v) is 4.86. The number of hydrogen-bond donors (Lipinski definition) is 3. The predicted molar refractivity (Wildman–Crippen MR) is 59.0 cm³/mol. The number of ether oxygens (including phenoxy) is 1. The van der Waals surface area contributed by atoms with Crippen molar-refractivity contribution >= 4 is 11.9 Å². The largest absolute Gasteiger partial charge is 0.497 e. The first-order chi connectivity index (χ1) is 8.04. The lowest BCUT2D eigenvalue weighted by Crippen LogP contribution is -2.32. The van der Waals surface area contributed by atoms with Crippen LogP contribution in [0.25, 0.3) is 0 Å². The predicted octanol–water partition coefficient (Wildman–Crippen LogP) is 0.495. The molecule has 0 aliphatic rings. The van der Waals surface area contributed by atoms with E-state index in [0.717, 1.165) is 0 Å². The van der Waals surface area contributed by atoms with Gasteiger partial charge < -0.3 is 14.9 Å². The third kappa shape index (κ3) is 3.76. The Morgan fingerprint density at radius 2 is 2.12 bits per heavy atom. The molecule has 1 aromatic rings. The second-order valence-electron chi connectivity index (χ2n) is 3.32. The number of carboxylic acid groups (broad SMARTS) is 2. The van der Waals surface area contributed by atoms with E-state index in [1.54, 1.807) is 24.3 Å². The smallest absolute Gasteiger partial charge is 0.325 e. The molecule has 3 N–H and O–H groups in total. The zero-order valence-corrected chi connectivity index (χ0v) is 9.21. The lowest BCUT2D eigenvalue weighted by molar-refractivity contribution is -0.140. The summed E-state index contributed by atoms with van der Waals surface area (Å²) >= 11 is 0. The molecule has 17 heavy (non-hydrogen) atoms. The van der Waals surface area contributed by atoms with E-state index < -0.39 is 24.5 Å². The van der Waals surface area contributed by atoms with Gasteiger partial charge in [0.1, 0.15) is 11.8 Å². The molecular formula is C11H13NO5. The van der Waals surface area contributed by atoms with Crippen LogP contribution in [0.3, 0.4) is 0 Å². The number of carbonyl (C=O) groups is 2. The number of benzene rings is 1. The molecule has 1 atom stereocenters. The average molecular weight is 239 g/mol. The van der Waals surface area contributed by atoms with E-state index in [0.29, 0.717) is 11.3 Å². The SMILES string of the molecule is COc1cccc(C(NCC(=O)O)C(=O)O)c1. The summed E-state index contributed by atoms with van der Waals surface area (Å²) in [5.74, 6) is -1.73. The van der Waals surface area contributed by atoms with Crippen LogP contribution in [0.5, 0.6) is 5.75 Å². The van der Waals surface area contributed by atoms with Gasteiger partial charge in [-0.3, -0.25) is 14.9 Å². The third-order valence-electron chi connectivity index (χ3n) is 2.13. The highest BCUT2D eigenvalue weighted by atomic mass is 16.5. The van der Waals surface area contributed by atoms with Gasteiger partial charge in [0, 0.05) is 0 Å². The summed E-state index contributed by atoms with van der Waals surface area (Å²) in [5.41, 5.74) is 0.443. The lowest BCUT2D eigenvalue weighted by Gasteiger charge is -2.14. The first-order valence-electron chi connectivity index (χ1n) is 4.86. The molecule has 0 amide bonds. The maximum atomic E-state index is 11.0. The van der Waals surface area contributed by atoms with Gasteiger partial charge in [0.15, 0.2) is 0 Å². The van der Waals surface area contributed by atoms with Crippen molar-refractivity contribution in [3.8, 4) is 5.75 Å². The van der Waals surface area contributed by atoms with Crippen LogP contribution in [0.15, 0.2) is 24.3 Å². The highest BCUT2D eigenvalue weighted by Gasteiger charge is 2.20. The van der Waals surface area contributed by atoms with Gasteiger partial charge >= 0.3 is 11.9 Å². The summed E-state index contributed by atoms with van der Waals surface area (Å²) in [6.07, 6.45) is 0. The molecule has 0 saturated heterocycles. The number of methoxy groups -OCH3 is 1. The van der Waals surface area contributed by atoms with Crippen molar-refractivity contribution in [3.05, 3.63) is 29.8 Å². The minimum atomic E-state index is -1.14. The molecule has 0 heterocycles. The van der Waals surface area contributed by atoms with Gasteiger partial charge in [0.25, 0.3) is 0 Å². The molecule has 0 aliphatic carbocycles. The maximum Gasteiger partial charge on any atom is 0.325 e. The lowest BCUT2D eigenvalue weighted by atomic mass is 10.1. The Morgan fingerprint density at radius 1 is 1.41 bits per heavy atom. The Morgan fingerprint density at radius 3 is 2.65 bits per heavy atom. The minimum Gasteiger partial charge on any atom is -0.497 e. The van der Waals surface area contributed by atoms with Crippen molar-refractivity contribution < 1.29 is 24.5 Å². The molecule has 92 valence electrons. The van der Waals surface area contributed by atoms with E-state index in [4.69, 9.17) is 14.9 Å². The quantitative estimate of drug-likeness (QED) is 0.668. The summed E-state index contributed by atoms with van der Waals surface area (Å²) in [7, 11) is 1.47. The molecule has 1 aromatic carbocycles. The molecule has 0 aromatic heterocycles. The van der Waals surface area contributed by atoms with E-state index in [1.165, 1.54) is 7.11 Å². The molecule has 1 unspecified atom stereocenters. The summed E-state index contributed by atoms with van der Waals surface area (Å²) < 4.78 is 4.97. The van der Waals surface area contributed by atoms with E-state index in [9.17, 15) is 9.59 Å².